The number of hydrogen-bond donors (Lipinski definition) is 4. The van der Waals surface area contributed by atoms with Crippen molar-refractivity contribution in [3.05, 3.63) is 48.2 Å². The van der Waals surface area contributed by atoms with Gasteiger partial charge in [-0.1, -0.05) is 18.7 Å². The van der Waals surface area contributed by atoms with E-state index in [9.17, 15) is 9.59 Å². The number of nitrogens with one attached hydrogen (secondary N) is 3. The van der Waals surface area contributed by atoms with Crippen LogP contribution >= 0.6 is 0 Å². The van der Waals surface area contributed by atoms with Crippen molar-refractivity contribution in [2.45, 2.75) is 50.1 Å². The summed E-state index contributed by atoms with van der Waals surface area (Å²) >= 11 is 0. The van der Waals surface area contributed by atoms with E-state index in [0.717, 1.165) is 50.9 Å². The summed E-state index contributed by atoms with van der Waals surface area (Å²) in [5.41, 5.74) is 7.58. The molecule has 2 fully saturated rings. The zero-order chi connectivity index (χ0) is 24.1. The van der Waals surface area contributed by atoms with Crippen LogP contribution in [0.25, 0.3) is 0 Å². The molecule has 10 heteroatoms. The highest BCUT2D eigenvalue weighted by atomic mass is 16.2. The van der Waals surface area contributed by atoms with Gasteiger partial charge in [0, 0.05) is 17.8 Å². The van der Waals surface area contributed by atoms with Gasteiger partial charge in [-0.3, -0.25) is 9.59 Å². The Bertz CT molecular complexity index is 1030. The molecule has 1 aliphatic carbocycles. The molecule has 10 nitrogen and oxygen atoms in total. The third kappa shape index (κ3) is 5.88. The molecule has 180 valence electrons. The Hall–Kier alpha value is -3.53. The van der Waals surface area contributed by atoms with E-state index in [-0.39, 0.29) is 29.5 Å². The quantitative estimate of drug-likeness (QED) is 0.436. The minimum Gasteiger partial charge on any atom is -0.364 e. The van der Waals surface area contributed by atoms with Crippen LogP contribution in [0.2, 0.25) is 0 Å². The maximum atomic E-state index is 11.9. The second kappa shape index (κ2) is 10.6. The largest absolute Gasteiger partial charge is 0.364 e. The SMILES string of the molecule is C=CC(=O)NC1CC[C@@H](Nc2nnc(C(N)=O)c(Nc3ccc(C4CCN(C)CC4)cc3)n2)C1. The molecular weight excluding hydrogens is 432 g/mol. The maximum Gasteiger partial charge on any atom is 0.273 e. The number of amides is 2. The fourth-order valence-electron chi connectivity index (χ4n) is 4.64. The molecule has 5 N–H and O–H groups in total. The van der Waals surface area contributed by atoms with Crippen LogP contribution < -0.4 is 21.7 Å². The van der Waals surface area contributed by atoms with Crippen LogP contribution in [0.15, 0.2) is 36.9 Å². The molecule has 34 heavy (non-hydrogen) atoms. The number of aromatic nitrogens is 3. The molecule has 2 atom stereocenters. The summed E-state index contributed by atoms with van der Waals surface area (Å²) in [5, 5.41) is 17.4. The van der Waals surface area contributed by atoms with Gasteiger partial charge in [-0.05, 0) is 81.9 Å². The van der Waals surface area contributed by atoms with E-state index in [4.69, 9.17) is 5.73 Å². The minimum atomic E-state index is -0.704. The molecule has 4 rings (SSSR count). The molecule has 2 aliphatic rings. The molecule has 1 saturated heterocycles. The van der Waals surface area contributed by atoms with Crippen molar-refractivity contribution in [3.63, 3.8) is 0 Å². The third-order valence-electron chi connectivity index (χ3n) is 6.58. The van der Waals surface area contributed by atoms with Gasteiger partial charge in [-0.15, -0.1) is 10.2 Å². The fraction of sp³-hybridized carbons (Fsp3) is 0.458. The molecule has 1 aromatic heterocycles. The van der Waals surface area contributed by atoms with Crippen LogP contribution in [0, 0.1) is 0 Å². The van der Waals surface area contributed by atoms with Crippen LogP contribution in [0.4, 0.5) is 17.5 Å². The van der Waals surface area contributed by atoms with Crippen LogP contribution in [-0.4, -0.2) is 64.1 Å². The van der Waals surface area contributed by atoms with Crippen LogP contribution in [0.5, 0.6) is 0 Å². The number of rotatable bonds is 8. The predicted molar refractivity (Wildman–Crippen MR) is 131 cm³/mol. The number of anilines is 3. The molecule has 1 unspecified atom stereocenters. The van der Waals surface area contributed by atoms with Crippen molar-refractivity contribution in [2.75, 3.05) is 30.8 Å². The van der Waals surface area contributed by atoms with Gasteiger partial charge in [0.2, 0.25) is 11.9 Å². The highest BCUT2D eigenvalue weighted by Gasteiger charge is 2.26. The summed E-state index contributed by atoms with van der Waals surface area (Å²) < 4.78 is 0. The van der Waals surface area contributed by atoms with Gasteiger partial charge >= 0.3 is 0 Å². The van der Waals surface area contributed by atoms with Gasteiger partial charge in [-0.2, -0.15) is 4.98 Å². The smallest absolute Gasteiger partial charge is 0.273 e. The van der Waals surface area contributed by atoms with Gasteiger partial charge in [0.15, 0.2) is 11.5 Å². The number of piperidine rings is 1. The first-order valence-corrected chi connectivity index (χ1v) is 11.7. The molecule has 0 radical (unpaired) electrons. The van der Waals surface area contributed by atoms with Gasteiger partial charge in [0.1, 0.15) is 0 Å². The first-order valence-electron chi connectivity index (χ1n) is 11.7. The van der Waals surface area contributed by atoms with Crippen molar-refractivity contribution < 1.29 is 9.59 Å². The van der Waals surface area contributed by atoms with Gasteiger partial charge in [-0.25, -0.2) is 0 Å². The van der Waals surface area contributed by atoms with Crippen molar-refractivity contribution >= 4 is 29.3 Å². The summed E-state index contributed by atoms with van der Waals surface area (Å²) in [7, 11) is 2.16. The van der Waals surface area contributed by atoms with E-state index in [1.165, 1.54) is 11.6 Å². The van der Waals surface area contributed by atoms with Crippen LogP contribution in [0.3, 0.4) is 0 Å². The van der Waals surface area contributed by atoms with Crippen LogP contribution in [0.1, 0.15) is 54.1 Å². The van der Waals surface area contributed by atoms with Crippen molar-refractivity contribution in [1.82, 2.24) is 25.4 Å². The molecule has 0 spiro atoms. The summed E-state index contributed by atoms with van der Waals surface area (Å²) in [6.45, 7) is 5.70. The second-order valence-corrected chi connectivity index (χ2v) is 9.09. The number of carbonyl (C=O) groups is 2. The summed E-state index contributed by atoms with van der Waals surface area (Å²) in [6.07, 6.45) is 6.01. The first-order chi connectivity index (χ1) is 16.4. The number of nitrogens with zero attached hydrogens (tertiary/aromatic N) is 4. The molecular formula is C24H32N8O2. The Morgan fingerprint density at radius 3 is 2.47 bits per heavy atom. The zero-order valence-electron chi connectivity index (χ0n) is 19.5. The predicted octanol–water partition coefficient (Wildman–Crippen LogP) is 2.16. The zero-order valence-corrected chi connectivity index (χ0v) is 19.5. The van der Waals surface area contributed by atoms with E-state index in [2.05, 4.69) is 61.8 Å². The molecule has 1 saturated carbocycles. The Balaban J connectivity index is 1.43. The van der Waals surface area contributed by atoms with E-state index < -0.39 is 5.91 Å². The molecule has 0 bridgehead atoms. The van der Waals surface area contributed by atoms with Crippen molar-refractivity contribution in [1.29, 1.82) is 0 Å². The number of benzene rings is 1. The highest BCUT2D eigenvalue weighted by molar-refractivity contribution is 5.96. The lowest BCUT2D eigenvalue weighted by atomic mass is 9.89. The average Bonchev–Trinajstić information content (AvgIpc) is 3.26. The number of primary amides is 1. The Morgan fingerprint density at radius 2 is 1.79 bits per heavy atom. The van der Waals surface area contributed by atoms with Crippen LogP contribution in [-0.2, 0) is 4.79 Å². The summed E-state index contributed by atoms with van der Waals surface area (Å²) in [5.74, 6) is 0.241. The lowest BCUT2D eigenvalue weighted by molar-refractivity contribution is -0.117. The van der Waals surface area contributed by atoms with Gasteiger partial charge < -0.3 is 26.6 Å². The molecule has 1 aromatic carbocycles. The lowest BCUT2D eigenvalue weighted by Crippen LogP contribution is -2.32. The summed E-state index contributed by atoms with van der Waals surface area (Å²) in [4.78, 5) is 30.3. The monoisotopic (exact) mass is 464 g/mol. The Labute approximate surface area is 199 Å². The topological polar surface area (TPSA) is 138 Å². The molecule has 2 amide bonds. The van der Waals surface area contributed by atoms with E-state index in [1.807, 2.05) is 12.1 Å². The number of carbonyl (C=O) groups excluding carboxylic acids is 2. The standard InChI is InChI=1S/C24H32N8O2/c1-3-20(33)26-18-8-9-19(14-18)28-24-29-23(21(22(25)34)30-31-24)27-17-6-4-15(5-7-17)16-10-12-32(2)13-11-16/h3-7,16,18-19H,1,8-14H2,2H3,(H2,25,34)(H,26,33)(H2,27,28,29,31)/t18?,19-/m1/s1. The van der Waals surface area contributed by atoms with Crippen molar-refractivity contribution in [2.24, 2.45) is 5.73 Å². The number of nitrogens with two attached hydrogens (primary N) is 1. The number of likely N-dealkylation sites (tertiary alicyclic amines) is 1. The summed E-state index contributed by atoms with van der Waals surface area (Å²) in [6, 6.07) is 8.35. The third-order valence-corrected chi connectivity index (χ3v) is 6.58. The Kier molecular flexibility index (Phi) is 7.36. The fourth-order valence-corrected chi connectivity index (χ4v) is 4.64. The maximum absolute atomic E-state index is 11.9. The molecule has 2 heterocycles. The molecule has 1 aliphatic heterocycles. The van der Waals surface area contributed by atoms with E-state index >= 15 is 0 Å². The average molecular weight is 465 g/mol. The normalized spacial score (nSPS) is 21.1. The van der Waals surface area contributed by atoms with Gasteiger partial charge in [0.05, 0.1) is 0 Å². The number of hydrogen-bond acceptors (Lipinski definition) is 8. The minimum absolute atomic E-state index is 0.0208. The van der Waals surface area contributed by atoms with E-state index in [0.29, 0.717) is 11.9 Å². The Morgan fingerprint density at radius 1 is 1.09 bits per heavy atom. The van der Waals surface area contributed by atoms with Crippen molar-refractivity contribution in [3.8, 4) is 0 Å². The highest BCUT2D eigenvalue weighted by Crippen LogP contribution is 2.29. The lowest BCUT2D eigenvalue weighted by Gasteiger charge is -2.29. The second-order valence-electron chi connectivity index (χ2n) is 9.09. The molecule has 2 aromatic rings. The van der Waals surface area contributed by atoms with Gasteiger partial charge in [0.25, 0.3) is 5.91 Å². The van der Waals surface area contributed by atoms with E-state index in [1.54, 1.807) is 0 Å². The first kappa shape index (κ1) is 23.6.